The van der Waals surface area contributed by atoms with Gasteiger partial charge in [-0.1, -0.05) is 43.7 Å². The Balaban J connectivity index is 1.41. The highest BCUT2D eigenvalue weighted by atomic mass is 32.1. The Morgan fingerprint density at radius 1 is 1.17 bits per heavy atom. The summed E-state index contributed by atoms with van der Waals surface area (Å²) in [5.74, 6) is 0.815. The number of thiophene rings is 1. The van der Waals surface area contributed by atoms with Crippen LogP contribution in [0, 0.1) is 0 Å². The van der Waals surface area contributed by atoms with E-state index in [9.17, 15) is 9.59 Å². The minimum absolute atomic E-state index is 0.191. The molecule has 1 N–H and O–H groups in total. The minimum Gasteiger partial charge on any atom is -0.493 e. The highest BCUT2D eigenvalue weighted by Gasteiger charge is 2.12. The number of hydrogen-bond acceptors (Lipinski definition) is 7. The van der Waals surface area contributed by atoms with Crippen LogP contribution < -0.4 is 20.5 Å². The number of fused-ring (bicyclic) bond motifs is 1. The van der Waals surface area contributed by atoms with Gasteiger partial charge in [-0.15, -0.1) is 11.3 Å². The van der Waals surface area contributed by atoms with Crippen LogP contribution in [0.5, 0.6) is 11.5 Å². The summed E-state index contributed by atoms with van der Waals surface area (Å²) in [6.07, 6.45) is 4.90. The van der Waals surface area contributed by atoms with E-state index in [1.807, 2.05) is 48.5 Å². The first-order valence-electron chi connectivity index (χ1n) is 11.3. The summed E-state index contributed by atoms with van der Waals surface area (Å²) in [7, 11) is 1.57. The number of benzene rings is 2. The summed E-state index contributed by atoms with van der Waals surface area (Å²) >= 11 is 1.45. The molecule has 0 atom stereocenters. The van der Waals surface area contributed by atoms with Gasteiger partial charge in [-0.3, -0.25) is 14.2 Å². The summed E-state index contributed by atoms with van der Waals surface area (Å²) in [5, 5.41) is 4.49. The zero-order valence-electron chi connectivity index (χ0n) is 19.6. The zero-order valence-corrected chi connectivity index (χ0v) is 20.4. The van der Waals surface area contributed by atoms with Crippen molar-refractivity contribution < 1.29 is 14.3 Å². The molecule has 8 nitrogen and oxygen atoms in total. The number of carbonyl (C=O) groups is 1. The number of amides is 1. The van der Waals surface area contributed by atoms with Crippen molar-refractivity contribution in [2.75, 3.05) is 13.7 Å². The molecule has 0 aliphatic carbocycles. The van der Waals surface area contributed by atoms with Gasteiger partial charge in [0.2, 0.25) is 0 Å². The van der Waals surface area contributed by atoms with Gasteiger partial charge in [-0.2, -0.15) is 5.10 Å². The summed E-state index contributed by atoms with van der Waals surface area (Å²) in [5.41, 5.74) is 3.94. The second-order valence-electron chi connectivity index (χ2n) is 7.78. The van der Waals surface area contributed by atoms with Gasteiger partial charge in [-0.05, 0) is 41.8 Å². The lowest BCUT2D eigenvalue weighted by Crippen LogP contribution is -2.29. The largest absolute Gasteiger partial charge is 0.493 e. The Morgan fingerprint density at radius 3 is 2.77 bits per heavy atom. The van der Waals surface area contributed by atoms with E-state index in [0.717, 1.165) is 28.8 Å². The predicted molar refractivity (Wildman–Crippen MR) is 138 cm³/mol. The van der Waals surface area contributed by atoms with E-state index in [4.69, 9.17) is 9.47 Å². The fraction of sp³-hybridized carbons (Fsp3) is 0.231. The lowest BCUT2D eigenvalue weighted by atomic mass is 10.2. The van der Waals surface area contributed by atoms with Crippen LogP contribution >= 0.6 is 11.3 Å². The first-order valence-corrected chi connectivity index (χ1v) is 12.1. The summed E-state index contributed by atoms with van der Waals surface area (Å²) in [6, 6.07) is 17.0. The van der Waals surface area contributed by atoms with E-state index in [0.29, 0.717) is 28.3 Å². The van der Waals surface area contributed by atoms with E-state index in [1.54, 1.807) is 13.2 Å². The predicted octanol–water partition coefficient (Wildman–Crippen LogP) is 4.46. The van der Waals surface area contributed by atoms with Crippen molar-refractivity contribution in [2.24, 2.45) is 5.10 Å². The van der Waals surface area contributed by atoms with E-state index >= 15 is 0 Å². The van der Waals surface area contributed by atoms with Crippen LogP contribution in [0.15, 0.2) is 70.8 Å². The van der Waals surface area contributed by atoms with E-state index < -0.39 is 5.91 Å². The molecular formula is C26H26N4O4S. The van der Waals surface area contributed by atoms with Gasteiger partial charge < -0.3 is 9.47 Å². The minimum atomic E-state index is -0.436. The highest BCUT2D eigenvalue weighted by Crippen LogP contribution is 2.30. The monoisotopic (exact) mass is 490 g/mol. The van der Waals surface area contributed by atoms with Gasteiger partial charge in [0, 0.05) is 4.88 Å². The number of carbonyl (C=O) groups excluding carboxylic acids is 1. The number of ether oxygens (including phenoxy) is 2. The Bertz CT molecular complexity index is 1400. The maximum Gasteiger partial charge on any atom is 0.262 e. The van der Waals surface area contributed by atoms with Crippen LogP contribution in [0.3, 0.4) is 0 Å². The third kappa shape index (κ3) is 5.93. The van der Waals surface area contributed by atoms with Gasteiger partial charge in [0.05, 0.1) is 31.6 Å². The van der Waals surface area contributed by atoms with Crippen LogP contribution in [-0.2, 0) is 11.3 Å². The molecule has 0 saturated carbocycles. The Labute approximate surface area is 206 Å². The van der Waals surface area contributed by atoms with Gasteiger partial charge in [0.1, 0.15) is 11.4 Å². The molecule has 0 aliphatic rings. The number of nitrogens with one attached hydrogen (secondary N) is 1. The lowest BCUT2D eigenvalue weighted by Gasteiger charge is -2.10. The third-order valence-corrected chi connectivity index (χ3v) is 6.33. The molecule has 4 rings (SSSR count). The average molecular weight is 491 g/mol. The molecule has 4 aromatic rings. The quantitative estimate of drug-likeness (QED) is 0.201. The van der Waals surface area contributed by atoms with Crippen molar-refractivity contribution in [3.63, 3.8) is 0 Å². The van der Waals surface area contributed by atoms with Crippen LogP contribution in [0.25, 0.3) is 20.7 Å². The third-order valence-electron chi connectivity index (χ3n) is 5.24. The van der Waals surface area contributed by atoms with Crippen LogP contribution in [-0.4, -0.2) is 35.4 Å². The highest BCUT2D eigenvalue weighted by molar-refractivity contribution is 7.21. The zero-order chi connectivity index (χ0) is 24.6. The molecule has 2 aromatic heterocycles. The molecule has 1 amide bonds. The van der Waals surface area contributed by atoms with Gasteiger partial charge in [-0.25, -0.2) is 10.4 Å². The number of aromatic nitrogens is 2. The molecule has 0 saturated heterocycles. The SMILES string of the molecule is CCCCOc1ccc(/C=N\NC(=O)Cn2cnc3sc(-c4ccccc4)cc3c2=O)cc1OC. The smallest absolute Gasteiger partial charge is 0.262 e. The molecule has 0 spiro atoms. The van der Waals surface area contributed by atoms with Crippen LogP contribution in [0.1, 0.15) is 25.3 Å². The number of rotatable bonds is 10. The normalized spacial score (nSPS) is 11.1. The van der Waals surface area contributed by atoms with Crippen LogP contribution in [0.2, 0.25) is 0 Å². The molecule has 180 valence electrons. The van der Waals surface area contributed by atoms with Crippen molar-refractivity contribution in [3.8, 4) is 21.9 Å². The number of hydrazone groups is 1. The Kier molecular flexibility index (Phi) is 7.89. The molecule has 9 heteroatoms. The first-order chi connectivity index (χ1) is 17.1. The molecule has 0 fully saturated rings. The van der Waals surface area contributed by atoms with E-state index in [1.165, 1.54) is 28.4 Å². The molecule has 35 heavy (non-hydrogen) atoms. The molecule has 0 bridgehead atoms. The van der Waals surface area contributed by atoms with Crippen molar-refractivity contribution in [1.82, 2.24) is 15.0 Å². The van der Waals surface area contributed by atoms with Crippen molar-refractivity contribution in [2.45, 2.75) is 26.3 Å². The van der Waals surface area contributed by atoms with Gasteiger partial charge in [0.15, 0.2) is 11.5 Å². The van der Waals surface area contributed by atoms with E-state index in [-0.39, 0.29) is 12.1 Å². The molecule has 2 heterocycles. The molecular weight excluding hydrogens is 464 g/mol. The van der Waals surface area contributed by atoms with Crippen molar-refractivity contribution >= 4 is 33.7 Å². The Hall–Kier alpha value is -3.98. The maximum absolute atomic E-state index is 12.9. The second-order valence-corrected chi connectivity index (χ2v) is 8.81. The Morgan fingerprint density at radius 2 is 2.00 bits per heavy atom. The molecule has 0 radical (unpaired) electrons. The van der Waals surface area contributed by atoms with Gasteiger partial charge in [0.25, 0.3) is 11.5 Å². The number of methoxy groups -OCH3 is 1. The lowest BCUT2D eigenvalue weighted by molar-refractivity contribution is -0.121. The average Bonchev–Trinajstić information content (AvgIpc) is 3.32. The summed E-state index contributed by atoms with van der Waals surface area (Å²) in [4.78, 5) is 31.2. The van der Waals surface area contributed by atoms with Crippen LogP contribution in [0.4, 0.5) is 0 Å². The fourth-order valence-corrected chi connectivity index (χ4v) is 4.39. The summed E-state index contributed by atoms with van der Waals surface area (Å²) < 4.78 is 12.4. The van der Waals surface area contributed by atoms with Crippen molar-refractivity contribution in [1.29, 1.82) is 0 Å². The first kappa shape index (κ1) is 24.2. The molecule has 2 aromatic carbocycles. The van der Waals surface area contributed by atoms with Gasteiger partial charge >= 0.3 is 0 Å². The second kappa shape index (κ2) is 11.4. The summed E-state index contributed by atoms with van der Waals surface area (Å²) in [6.45, 7) is 2.53. The number of nitrogens with zero attached hydrogens (tertiary/aromatic N) is 3. The van der Waals surface area contributed by atoms with E-state index in [2.05, 4.69) is 22.4 Å². The number of unbranched alkanes of at least 4 members (excludes halogenated alkanes) is 1. The molecule has 0 aliphatic heterocycles. The molecule has 0 unspecified atom stereocenters. The fourth-order valence-electron chi connectivity index (χ4n) is 3.40. The maximum atomic E-state index is 12.9. The topological polar surface area (TPSA) is 94.8 Å². The standard InChI is InChI=1S/C26H26N4O4S/c1-3-4-12-34-21-11-10-18(13-22(21)33-2)15-28-29-24(31)16-30-17-27-25-20(26(30)32)14-23(35-25)19-8-6-5-7-9-19/h5-11,13-15,17H,3-4,12,16H2,1-2H3,(H,29,31)/b28-15-. The number of hydrogen-bond donors (Lipinski definition) is 1. The van der Waals surface area contributed by atoms with Crippen molar-refractivity contribution in [3.05, 3.63) is 76.8 Å².